The molecule has 9 heteroatoms. The highest BCUT2D eigenvalue weighted by Crippen LogP contribution is 2.33. The molecule has 0 aliphatic carbocycles. The summed E-state index contributed by atoms with van der Waals surface area (Å²) in [6, 6.07) is 25.9. The third-order valence-electron chi connectivity index (χ3n) is 7.71. The molecule has 0 fully saturated rings. The van der Waals surface area contributed by atoms with Gasteiger partial charge in [-0.2, -0.15) is 0 Å². The largest absolute Gasteiger partial charge is 0.493 e. The van der Waals surface area contributed by atoms with Gasteiger partial charge in [-0.3, -0.25) is 9.69 Å². The van der Waals surface area contributed by atoms with E-state index < -0.39 is 0 Å². The van der Waals surface area contributed by atoms with Gasteiger partial charge in [-0.25, -0.2) is 9.97 Å². The maximum atomic E-state index is 12.9. The molecular formula is C34H32BrN5O3. The lowest BCUT2D eigenvalue weighted by Gasteiger charge is -2.29. The Kier molecular flexibility index (Phi) is 8.53. The molecule has 6 rings (SSSR count). The summed E-state index contributed by atoms with van der Waals surface area (Å²) < 4.78 is 11.9. The summed E-state index contributed by atoms with van der Waals surface area (Å²) in [4.78, 5) is 24.2. The van der Waals surface area contributed by atoms with Gasteiger partial charge in [0.25, 0.3) is 5.91 Å². The van der Waals surface area contributed by atoms with Crippen molar-refractivity contribution in [1.82, 2.24) is 20.2 Å². The number of aromatic nitrogens is 2. The van der Waals surface area contributed by atoms with E-state index in [0.717, 1.165) is 75.6 Å². The smallest absolute Gasteiger partial charge is 0.251 e. The van der Waals surface area contributed by atoms with Crippen LogP contribution in [-0.4, -0.2) is 54.6 Å². The van der Waals surface area contributed by atoms with Crippen LogP contribution in [0.2, 0.25) is 0 Å². The van der Waals surface area contributed by atoms with Gasteiger partial charge in [0.2, 0.25) is 0 Å². The van der Waals surface area contributed by atoms with Gasteiger partial charge in [0.05, 0.1) is 19.7 Å². The summed E-state index contributed by atoms with van der Waals surface area (Å²) in [5.74, 6) is 2.16. The maximum absolute atomic E-state index is 12.9. The van der Waals surface area contributed by atoms with Crippen molar-refractivity contribution >= 4 is 44.2 Å². The highest BCUT2D eigenvalue weighted by Gasteiger charge is 2.19. The first-order chi connectivity index (χ1) is 21.0. The van der Waals surface area contributed by atoms with Gasteiger partial charge in [-0.1, -0.05) is 40.2 Å². The molecule has 0 radical (unpaired) electrons. The molecule has 218 valence electrons. The Labute approximate surface area is 259 Å². The molecule has 1 aromatic heterocycles. The summed E-state index contributed by atoms with van der Waals surface area (Å²) >= 11 is 3.52. The molecule has 0 saturated heterocycles. The number of ether oxygens (including phenoxy) is 2. The third-order valence-corrected chi connectivity index (χ3v) is 8.21. The average molecular weight is 639 g/mol. The summed E-state index contributed by atoms with van der Waals surface area (Å²) in [6.07, 6.45) is 2.50. The van der Waals surface area contributed by atoms with Gasteiger partial charge in [0.1, 0.15) is 12.1 Å². The Balaban J connectivity index is 1.08. The summed E-state index contributed by atoms with van der Waals surface area (Å²) in [5, 5.41) is 7.39. The van der Waals surface area contributed by atoms with Gasteiger partial charge in [0, 0.05) is 47.3 Å². The minimum absolute atomic E-state index is 0.0808. The van der Waals surface area contributed by atoms with Crippen LogP contribution in [0.3, 0.4) is 0 Å². The van der Waals surface area contributed by atoms with Gasteiger partial charge in [-0.05, 0) is 83.3 Å². The van der Waals surface area contributed by atoms with Crippen LogP contribution in [-0.2, 0) is 13.0 Å². The number of hydrogen-bond donors (Lipinski definition) is 2. The molecule has 1 aliphatic heterocycles. The van der Waals surface area contributed by atoms with Crippen molar-refractivity contribution in [3.05, 3.63) is 106 Å². The zero-order chi connectivity index (χ0) is 29.8. The Morgan fingerprint density at radius 1 is 0.907 bits per heavy atom. The molecule has 43 heavy (non-hydrogen) atoms. The van der Waals surface area contributed by atoms with Crippen LogP contribution in [0.5, 0.6) is 11.5 Å². The quantitative estimate of drug-likeness (QED) is 0.188. The van der Waals surface area contributed by atoms with E-state index in [4.69, 9.17) is 9.47 Å². The van der Waals surface area contributed by atoms with E-state index >= 15 is 0 Å². The number of nitrogens with one attached hydrogen (secondary N) is 2. The molecule has 5 aromatic rings. The molecule has 2 N–H and O–H groups in total. The van der Waals surface area contributed by atoms with E-state index in [1.54, 1.807) is 20.5 Å². The Bertz CT molecular complexity index is 1780. The highest BCUT2D eigenvalue weighted by molar-refractivity contribution is 9.10. The first-order valence-electron chi connectivity index (χ1n) is 14.1. The summed E-state index contributed by atoms with van der Waals surface area (Å²) in [7, 11) is 3.32. The Hall–Kier alpha value is -4.47. The molecule has 8 nitrogen and oxygen atoms in total. The lowest BCUT2D eigenvalue weighted by molar-refractivity contribution is 0.0947. The van der Waals surface area contributed by atoms with Crippen molar-refractivity contribution in [2.45, 2.75) is 13.0 Å². The molecule has 0 saturated carbocycles. The SMILES string of the molecule is COc1cc2c(cc1OC)CN(CCNC(=O)c1ccc(-c3ccc4ncnc(Nc5cccc(Br)c5)c4c3)cc1)CC2. The number of halogens is 1. The van der Waals surface area contributed by atoms with Crippen molar-refractivity contribution in [3.63, 3.8) is 0 Å². The highest BCUT2D eigenvalue weighted by atomic mass is 79.9. The van der Waals surface area contributed by atoms with Gasteiger partial charge < -0.3 is 20.1 Å². The van der Waals surface area contributed by atoms with Gasteiger partial charge in [0.15, 0.2) is 11.5 Å². The number of amides is 1. The first-order valence-corrected chi connectivity index (χ1v) is 14.9. The van der Waals surface area contributed by atoms with Crippen molar-refractivity contribution in [2.24, 2.45) is 0 Å². The lowest BCUT2D eigenvalue weighted by Crippen LogP contribution is -2.37. The number of hydrogen-bond acceptors (Lipinski definition) is 7. The molecule has 4 aromatic carbocycles. The van der Waals surface area contributed by atoms with Crippen molar-refractivity contribution in [1.29, 1.82) is 0 Å². The standard InChI is InChI=1S/C34H32BrN5O3/c1-42-31-17-25-12-14-40(20-26(25)18-32(31)43-2)15-13-36-34(41)23-8-6-22(7-9-23)24-10-11-30-29(16-24)33(38-21-37-30)39-28-5-3-4-27(35)19-28/h3-11,16-19,21H,12-15,20H2,1-2H3,(H,36,41)(H,37,38,39). The molecule has 1 aliphatic rings. The topological polar surface area (TPSA) is 88.6 Å². The van der Waals surface area contributed by atoms with E-state index in [0.29, 0.717) is 12.1 Å². The molecule has 0 bridgehead atoms. The fourth-order valence-electron chi connectivity index (χ4n) is 5.41. The summed E-state index contributed by atoms with van der Waals surface area (Å²) in [6.45, 7) is 3.09. The molecule has 1 amide bonds. The number of nitrogens with zero attached hydrogens (tertiary/aromatic N) is 3. The summed E-state index contributed by atoms with van der Waals surface area (Å²) in [5.41, 5.74) is 6.96. The van der Waals surface area contributed by atoms with Crippen LogP contribution in [0.4, 0.5) is 11.5 Å². The number of methoxy groups -OCH3 is 2. The fraction of sp³-hybridized carbons (Fsp3) is 0.206. The van der Waals surface area contributed by atoms with Crippen molar-refractivity contribution in [2.75, 3.05) is 39.2 Å². The van der Waals surface area contributed by atoms with Crippen LogP contribution in [0.1, 0.15) is 21.5 Å². The minimum Gasteiger partial charge on any atom is -0.493 e. The van der Waals surface area contributed by atoms with Gasteiger partial charge in [-0.15, -0.1) is 0 Å². The normalized spacial score (nSPS) is 12.9. The lowest BCUT2D eigenvalue weighted by atomic mass is 9.99. The number of carbonyl (C=O) groups excluding carboxylic acids is 1. The second-order valence-electron chi connectivity index (χ2n) is 10.4. The zero-order valence-electron chi connectivity index (χ0n) is 24.1. The molecule has 0 unspecified atom stereocenters. The van der Waals surface area contributed by atoms with Crippen LogP contribution < -0.4 is 20.1 Å². The van der Waals surface area contributed by atoms with Crippen LogP contribution >= 0.6 is 15.9 Å². The molecule has 2 heterocycles. The van der Waals surface area contributed by atoms with E-state index in [2.05, 4.69) is 59.6 Å². The minimum atomic E-state index is -0.0808. The number of benzene rings is 4. The zero-order valence-corrected chi connectivity index (χ0v) is 25.6. The van der Waals surface area contributed by atoms with E-state index in [-0.39, 0.29) is 5.91 Å². The van der Waals surface area contributed by atoms with Gasteiger partial charge >= 0.3 is 0 Å². The van der Waals surface area contributed by atoms with E-state index in [9.17, 15) is 4.79 Å². The second-order valence-corrected chi connectivity index (χ2v) is 11.3. The van der Waals surface area contributed by atoms with Crippen molar-refractivity contribution < 1.29 is 14.3 Å². The number of rotatable bonds is 9. The molecule has 0 atom stereocenters. The van der Waals surface area contributed by atoms with E-state index in [1.165, 1.54) is 11.1 Å². The number of carbonyl (C=O) groups is 1. The third kappa shape index (κ3) is 6.48. The monoisotopic (exact) mass is 637 g/mol. The number of fused-ring (bicyclic) bond motifs is 2. The molecular weight excluding hydrogens is 606 g/mol. The van der Waals surface area contributed by atoms with Crippen molar-refractivity contribution in [3.8, 4) is 22.6 Å². The predicted molar refractivity (Wildman–Crippen MR) is 173 cm³/mol. The Morgan fingerprint density at radius 2 is 1.67 bits per heavy atom. The van der Waals surface area contributed by atoms with Crippen LogP contribution in [0, 0.1) is 0 Å². The average Bonchev–Trinajstić information content (AvgIpc) is 3.04. The second kappa shape index (κ2) is 12.8. The number of anilines is 2. The molecule has 0 spiro atoms. The van der Waals surface area contributed by atoms with Crippen LogP contribution in [0.25, 0.3) is 22.0 Å². The Morgan fingerprint density at radius 3 is 2.44 bits per heavy atom. The maximum Gasteiger partial charge on any atom is 0.251 e. The van der Waals surface area contributed by atoms with E-state index in [1.807, 2.05) is 60.7 Å². The first kappa shape index (κ1) is 28.6. The predicted octanol–water partition coefficient (Wildman–Crippen LogP) is 6.61. The van der Waals surface area contributed by atoms with Crippen LogP contribution in [0.15, 0.2) is 89.7 Å². The fourth-order valence-corrected chi connectivity index (χ4v) is 5.81.